The summed E-state index contributed by atoms with van der Waals surface area (Å²) in [6.07, 6.45) is 4.27. The summed E-state index contributed by atoms with van der Waals surface area (Å²) in [7, 11) is 0. The summed E-state index contributed by atoms with van der Waals surface area (Å²) in [5.41, 5.74) is 1.26. The van der Waals surface area contributed by atoms with Gasteiger partial charge in [-0.2, -0.15) is 0 Å². The molecule has 0 aromatic heterocycles. The molecule has 0 aliphatic carbocycles. The van der Waals surface area contributed by atoms with Crippen molar-refractivity contribution in [3.63, 3.8) is 0 Å². The van der Waals surface area contributed by atoms with Crippen molar-refractivity contribution in [3.8, 4) is 0 Å². The second-order valence-electron chi connectivity index (χ2n) is 7.32. The molecule has 2 unspecified atom stereocenters. The van der Waals surface area contributed by atoms with Gasteiger partial charge in [0.2, 0.25) is 5.91 Å². The minimum Gasteiger partial charge on any atom is -0.354 e. The third-order valence-electron chi connectivity index (χ3n) is 5.11. The molecule has 1 heterocycles. The number of nitrogens with one attached hydrogen (secondary N) is 1. The highest BCUT2D eigenvalue weighted by molar-refractivity contribution is 7.99. The Labute approximate surface area is 186 Å². The maximum atomic E-state index is 13.4. The second-order valence-corrected chi connectivity index (χ2v) is 8.87. The predicted molar refractivity (Wildman–Crippen MR) is 120 cm³/mol. The zero-order valence-corrected chi connectivity index (χ0v) is 18.5. The van der Waals surface area contributed by atoms with Gasteiger partial charge in [-0.25, -0.2) is 4.39 Å². The molecule has 1 N–H and O–H groups in total. The van der Waals surface area contributed by atoms with E-state index in [1.807, 2.05) is 0 Å². The molecule has 0 radical (unpaired) electrons. The van der Waals surface area contributed by atoms with Gasteiger partial charge in [-0.05, 0) is 48.4 Å². The molecule has 0 saturated carbocycles. The maximum absolute atomic E-state index is 13.4. The van der Waals surface area contributed by atoms with E-state index in [1.54, 1.807) is 41.3 Å². The molecular weight excluding hydrogens is 423 g/mol. The van der Waals surface area contributed by atoms with E-state index in [-0.39, 0.29) is 23.0 Å². The zero-order valence-electron chi connectivity index (χ0n) is 16.9. The lowest BCUT2D eigenvalue weighted by molar-refractivity contribution is -0.124. The van der Waals surface area contributed by atoms with Crippen LogP contribution in [0.25, 0.3) is 0 Å². The molecule has 1 fully saturated rings. The summed E-state index contributed by atoms with van der Waals surface area (Å²) in [5.74, 6) is -0.232. The first-order valence-electron chi connectivity index (χ1n) is 10.2. The minimum absolute atomic E-state index is 0.147. The molecule has 3 rings (SSSR count). The Bertz CT molecular complexity index is 861. The fraction of sp³-hybridized carbons (Fsp3) is 0.391. The number of halogens is 2. The highest BCUT2D eigenvalue weighted by Crippen LogP contribution is 2.42. The first-order valence-corrected chi connectivity index (χ1v) is 11.7. The van der Waals surface area contributed by atoms with Crippen LogP contribution in [0.3, 0.4) is 0 Å². The SMILES string of the molecule is CCCCCCNC(=O)C1CSC(c2ccc(F)cc2)N1C(=O)c1ccc(Cl)cc1. The number of hydrogen-bond donors (Lipinski definition) is 1. The Hall–Kier alpha value is -2.05. The van der Waals surface area contributed by atoms with E-state index in [9.17, 15) is 14.0 Å². The van der Waals surface area contributed by atoms with Gasteiger partial charge < -0.3 is 10.2 Å². The zero-order chi connectivity index (χ0) is 21.5. The Kier molecular flexibility index (Phi) is 8.16. The standard InChI is InChI=1S/C23H26ClFN2O2S/c1-2-3-4-5-14-26-21(28)20-15-30-23(17-8-12-19(25)13-9-17)27(20)22(29)16-6-10-18(24)11-7-16/h6-13,20,23H,2-5,14-15H2,1H3,(H,26,28). The third kappa shape index (κ3) is 5.55. The lowest BCUT2D eigenvalue weighted by Gasteiger charge is -2.29. The molecule has 7 heteroatoms. The summed E-state index contributed by atoms with van der Waals surface area (Å²) in [5, 5.41) is 3.17. The minimum atomic E-state index is -0.584. The van der Waals surface area contributed by atoms with Gasteiger partial charge in [0, 0.05) is 22.9 Å². The van der Waals surface area contributed by atoms with Crippen LogP contribution in [0.2, 0.25) is 5.02 Å². The van der Waals surface area contributed by atoms with Crippen LogP contribution in [0.5, 0.6) is 0 Å². The van der Waals surface area contributed by atoms with Crippen molar-refractivity contribution in [2.75, 3.05) is 12.3 Å². The molecule has 4 nitrogen and oxygen atoms in total. The number of hydrogen-bond acceptors (Lipinski definition) is 3. The summed E-state index contributed by atoms with van der Waals surface area (Å²) in [4.78, 5) is 27.9. The van der Waals surface area contributed by atoms with Crippen molar-refractivity contribution in [2.24, 2.45) is 0 Å². The average molecular weight is 449 g/mol. The van der Waals surface area contributed by atoms with Crippen LogP contribution in [0, 0.1) is 5.82 Å². The molecule has 2 amide bonds. The quantitative estimate of drug-likeness (QED) is 0.547. The van der Waals surface area contributed by atoms with Crippen molar-refractivity contribution in [3.05, 3.63) is 70.5 Å². The highest BCUT2D eigenvalue weighted by Gasteiger charge is 2.42. The lowest BCUT2D eigenvalue weighted by atomic mass is 10.1. The van der Waals surface area contributed by atoms with Crippen LogP contribution in [-0.4, -0.2) is 35.1 Å². The number of carbonyl (C=O) groups excluding carboxylic acids is 2. The van der Waals surface area contributed by atoms with Crippen molar-refractivity contribution in [2.45, 2.75) is 44.0 Å². The topological polar surface area (TPSA) is 49.4 Å². The summed E-state index contributed by atoms with van der Waals surface area (Å²) < 4.78 is 13.4. The monoisotopic (exact) mass is 448 g/mol. The first kappa shape index (κ1) is 22.6. The maximum Gasteiger partial charge on any atom is 0.255 e. The van der Waals surface area contributed by atoms with Gasteiger partial charge in [0.05, 0.1) is 0 Å². The fourth-order valence-corrected chi connectivity index (χ4v) is 5.02. The second kappa shape index (κ2) is 10.8. The Morgan fingerprint density at radius 2 is 1.80 bits per heavy atom. The van der Waals surface area contributed by atoms with Crippen LogP contribution >= 0.6 is 23.4 Å². The van der Waals surface area contributed by atoms with E-state index in [2.05, 4.69) is 12.2 Å². The first-order chi connectivity index (χ1) is 14.5. The Balaban J connectivity index is 1.80. The summed E-state index contributed by atoms with van der Waals surface area (Å²) >= 11 is 7.47. The van der Waals surface area contributed by atoms with Crippen LogP contribution in [0.4, 0.5) is 4.39 Å². The lowest BCUT2D eigenvalue weighted by Crippen LogP contribution is -2.48. The molecule has 0 spiro atoms. The number of nitrogens with zero attached hydrogens (tertiary/aromatic N) is 1. The molecule has 2 atom stereocenters. The molecule has 2 aromatic rings. The number of thioether (sulfide) groups is 1. The van der Waals surface area contributed by atoms with Crippen molar-refractivity contribution >= 4 is 35.2 Å². The Morgan fingerprint density at radius 3 is 2.47 bits per heavy atom. The molecule has 0 bridgehead atoms. The average Bonchev–Trinajstić information content (AvgIpc) is 3.19. The highest BCUT2D eigenvalue weighted by atomic mass is 35.5. The van der Waals surface area contributed by atoms with Crippen molar-refractivity contribution in [1.82, 2.24) is 10.2 Å². The molecule has 1 aliphatic rings. The largest absolute Gasteiger partial charge is 0.354 e. The number of benzene rings is 2. The van der Waals surface area contributed by atoms with Gasteiger partial charge in [-0.1, -0.05) is 49.9 Å². The number of rotatable bonds is 8. The van der Waals surface area contributed by atoms with E-state index >= 15 is 0 Å². The Morgan fingerprint density at radius 1 is 1.10 bits per heavy atom. The third-order valence-corrected chi connectivity index (χ3v) is 6.69. The molecule has 1 saturated heterocycles. The van der Waals surface area contributed by atoms with E-state index < -0.39 is 6.04 Å². The van der Waals surface area contributed by atoms with Crippen LogP contribution in [0.1, 0.15) is 53.9 Å². The van der Waals surface area contributed by atoms with E-state index in [4.69, 9.17) is 11.6 Å². The van der Waals surface area contributed by atoms with E-state index in [0.29, 0.717) is 22.9 Å². The number of amides is 2. The molecule has 160 valence electrons. The van der Waals surface area contributed by atoms with Crippen molar-refractivity contribution in [1.29, 1.82) is 0 Å². The predicted octanol–water partition coefficient (Wildman–Crippen LogP) is 5.43. The molecule has 1 aliphatic heterocycles. The summed E-state index contributed by atoms with van der Waals surface area (Å²) in [6, 6.07) is 12.1. The van der Waals surface area contributed by atoms with E-state index in [0.717, 1.165) is 31.2 Å². The van der Waals surface area contributed by atoms with Gasteiger partial charge >= 0.3 is 0 Å². The van der Waals surface area contributed by atoms with Crippen LogP contribution < -0.4 is 5.32 Å². The fourth-order valence-electron chi connectivity index (χ4n) is 3.46. The number of carbonyl (C=O) groups is 2. The smallest absolute Gasteiger partial charge is 0.255 e. The van der Waals surface area contributed by atoms with Gasteiger partial charge in [-0.15, -0.1) is 11.8 Å². The molecule has 2 aromatic carbocycles. The van der Waals surface area contributed by atoms with Crippen LogP contribution in [0.15, 0.2) is 48.5 Å². The van der Waals surface area contributed by atoms with Crippen LogP contribution in [-0.2, 0) is 4.79 Å². The molecule has 30 heavy (non-hydrogen) atoms. The van der Waals surface area contributed by atoms with Gasteiger partial charge in [-0.3, -0.25) is 9.59 Å². The molecular formula is C23H26ClFN2O2S. The van der Waals surface area contributed by atoms with Gasteiger partial charge in [0.15, 0.2) is 0 Å². The summed E-state index contributed by atoms with van der Waals surface area (Å²) in [6.45, 7) is 2.74. The normalized spacial score (nSPS) is 18.4. The van der Waals surface area contributed by atoms with E-state index in [1.165, 1.54) is 23.9 Å². The van der Waals surface area contributed by atoms with Crippen molar-refractivity contribution < 1.29 is 14.0 Å². The van der Waals surface area contributed by atoms with Gasteiger partial charge in [0.1, 0.15) is 17.2 Å². The van der Waals surface area contributed by atoms with Gasteiger partial charge in [0.25, 0.3) is 5.91 Å². The number of unbranched alkanes of at least 4 members (excludes halogenated alkanes) is 3.